The molecule has 1 N–H and O–H groups in total. The maximum Gasteiger partial charge on any atom is 0.244 e. The van der Waals surface area contributed by atoms with Crippen molar-refractivity contribution in [2.75, 3.05) is 17.1 Å². The van der Waals surface area contributed by atoms with Gasteiger partial charge in [0, 0.05) is 19.0 Å². The van der Waals surface area contributed by atoms with Crippen LogP contribution in [0.25, 0.3) is 0 Å². The molecule has 0 aliphatic carbocycles. The van der Waals surface area contributed by atoms with Gasteiger partial charge in [0.15, 0.2) is 0 Å². The molecule has 0 fully saturated rings. The zero-order valence-corrected chi connectivity index (χ0v) is 24.5. The van der Waals surface area contributed by atoms with Crippen LogP contribution in [0.15, 0.2) is 78.9 Å². The van der Waals surface area contributed by atoms with Crippen LogP contribution in [0.3, 0.4) is 0 Å². The van der Waals surface area contributed by atoms with Crippen LogP contribution >= 0.6 is 23.2 Å². The van der Waals surface area contributed by atoms with Crippen LogP contribution in [0.4, 0.5) is 5.69 Å². The van der Waals surface area contributed by atoms with Gasteiger partial charge in [0.05, 0.1) is 22.0 Å². The molecule has 7 nitrogen and oxygen atoms in total. The average molecular weight is 591 g/mol. The van der Waals surface area contributed by atoms with Crippen molar-refractivity contribution >= 4 is 50.7 Å². The molecule has 0 radical (unpaired) electrons. The van der Waals surface area contributed by atoms with Crippen LogP contribution in [0, 0.1) is 0 Å². The SMILES string of the molecule is CC[C@@H](C)NC(=O)[C@@H](Cc1ccccc1)N(Cc1ccc(Cl)c(Cl)c1)C(=O)CN(c1ccccc1)S(C)(=O)=O. The summed E-state index contributed by atoms with van der Waals surface area (Å²) in [5, 5.41) is 3.67. The summed E-state index contributed by atoms with van der Waals surface area (Å²) in [5.74, 6) is -0.859. The van der Waals surface area contributed by atoms with E-state index in [9.17, 15) is 18.0 Å². The van der Waals surface area contributed by atoms with Crippen LogP contribution in [-0.4, -0.2) is 50.0 Å². The highest BCUT2D eigenvalue weighted by Gasteiger charge is 2.33. The highest BCUT2D eigenvalue weighted by molar-refractivity contribution is 7.92. The zero-order valence-electron chi connectivity index (χ0n) is 22.2. The van der Waals surface area contributed by atoms with Gasteiger partial charge in [-0.1, -0.05) is 84.7 Å². The van der Waals surface area contributed by atoms with Crippen molar-refractivity contribution in [3.05, 3.63) is 100 Å². The normalized spacial score (nSPS) is 12.8. The number of rotatable bonds is 12. The Labute approximate surface area is 240 Å². The predicted molar refractivity (Wildman–Crippen MR) is 157 cm³/mol. The van der Waals surface area contributed by atoms with Crippen molar-refractivity contribution in [2.45, 2.75) is 45.3 Å². The summed E-state index contributed by atoms with van der Waals surface area (Å²) < 4.78 is 26.6. The van der Waals surface area contributed by atoms with Crippen molar-refractivity contribution in [3.63, 3.8) is 0 Å². The number of sulfonamides is 1. The van der Waals surface area contributed by atoms with Crippen LogP contribution in [0.1, 0.15) is 31.4 Å². The number of para-hydroxylation sites is 1. The molecule has 2 amide bonds. The molecule has 0 saturated carbocycles. The molecule has 0 unspecified atom stereocenters. The Morgan fingerprint density at radius 1 is 0.897 bits per heavy atom. The summed E-state index contributed by atoms with van der Waals surface area (Å²) in [6.07, 6.45) is 1.99. The number of carbonyl (C=O) groups excluding carboxylic acids is 2. The number of benzene rings is 3. The molecule has 3 aromatic carbocycles. The van der Waals surface area contributed by atoms with Crippen molar-refractivity contribution in [1.82, 2.24) is 10.2 Å². The molecule has 0 spiro atoms. The van der Waals surface area contributed by atoms with Gasteiger partial charge in [0.2, 0.25) is 21.8 Å². The molecule has 0 aliphatic rings. The van der Waals surface area contributed by atoms with Crippen molar-refractivity contribution in [1.29, 1.82) is 0 Å². The van der Waals surface area contributed by atoms with E-state index in [1.54, 1.807) is 48.5 Å². The molecule has 3 rings (SSSR count). The Hall–Kier alpha value is -3.07. The maximum absolute atomic E-state index is 14.0. The van der Waals surface area contributed by atoms with Crippen molar-refractivity contribution in [2.24, 2.45) is 0 Å². The lowest BCUT2D eigenvalue weighted by molar-refractivity contribution is -0.140. The summed E-state index contributed by atoms with van der Waals surface area (Å²) in [6, 6.07) is 21.7. The fourth-order valence-corrected chi connectivity index (χ4v) is 5.21. The minimum absolute atomic E-state index is 0.0214. The van der Waals surface area contributed by atoms with Gasteiger partial charge in [-0.3, -0.25) is 13.9 Å². The third-order valence-corrected chi connectivity index (χ3v) is 8.21. The van der Waals surface area contributed by atoms with E-state index in [2.05, 4.69) is 5.32 Å². The van der Waals surface area contributed by atoms with E-state index in [-0.39, 0.29) is 24.9 Å². The third kappa shape index (κ3) is 8.71. The summed E-state index contributed by atoms with van der Waals surface area (Å²) in [5.41, 5.74) is 1.86. The van der Waals surface area contributed by atoms with Gasteiger partial charge in [-0.2, -0.15) is 0 Å². The quantitative estimate of drug-likeness (QED) is 0.310. The average Bonchev–Trinajstić information content (AvgIpc) is 2.91. The van der Waals surface area contributed by atoms with Gasteiger partial charge in [0.25, 0.3) is 0 Å². The molecule has 3 aromatic rings. The topological polar surface area (TPSA) is 86.8 Å². The number of hydrogen-bond donors (Lipinski definition) is 1. The van der Waals surface area contributed by atoms with E-state index in [0.717, 1.165) is 16.1 Å². The minimum atomic E-state index is -3.81. The van der Waals surface area contributed by atoms with Gasteiger partial charge in [-0.25, -0.2) is 8.42 Å². The van der Waals surface area contributed by atoms with E-state index in [1.165, 1.54) is 4.90 Å². The predicted octanol–water partition coefficient (Wildman–Crippen LogP) is 5.31. The van der Waals surface area contributed by atoms with E-state index in [1.807, 2.05) is 44.2 Å². The number of halogens is 2. The van der Waals surface area contributed by atoms with Crippen molar-refractivity contribution < 1.29 is 18.0 Å². The second-order valence-corrected chi connectivity index (χ2v) is 12.1. The number of hydrogen-bond acceptors (Lipinski definition) is 4. The summed E-state index contributed by atoms with van der Waals surface area (Å²) in [7, 11) is -3.81. The largest absolute Gasteiger partial charge is 0.352 e. The second-order valence-electron chi connectivity index (χ2n) is 9.40. The van der Waals surface area contributed by atoms with Crippen molar-refractivity contribution in [3.8, 4) is 0 Å². The number of carbonyl (C=O) groups is 2. The lowest BCUT2D eigenvalue weighted by atomic mass is 10.0. The first-order valence-electron chi connectivity index (χ1n) is 12.6. The third-order valence-electron chi connectivity index (χ3n) is 6.33. The van der Waals surface area contributed by atoms with Crippen LogP contribution in [0.2, 0.25) is 10.0 Å². The van der Waals surface area contributed by atoms with Crippen LogP contribution < -0.4 is 9.62 Å². The molecule has 0 bridgehead atoms. The van der Waals surface area contributed by atoms with Gasteiger partial charge < -0.3 is 10.2 Å². The fourth-order valence-electron chi connectivity index (χ4n) is 4.04. The molecular formula is C29H33Cl2N3O4S. The number of anilines is 1. The fraction of sp³-hybridized carbons (Fsp3) is 0.310. The molecule has 0 heterocycles. The Morgan fingerprint density at radius 2 is 1.51 bits per heavy atom. The van der Waals surface area contributed by atoms with Gasteiger partial charge in [0.1, 0.15) is 12.6 Å². The smallest absolute Gasteiger partial charge is 0.244 e. The molecular weight excluding hydrogens is 557 g/mol. The first-order chi connectivity index (χ1) is 18.5. The van der Waals surface area contributed by atoms with Crippen LogP contribution in [-0.2, 0) is 32.6 Å². The summed E-state index contributed by atoms with van der Waals surface area (Å²) >= 11 is 12.4. The molecule has 39 heavy (non-hydrogen) atoms. The van der Waals surface area contributed by atoms with Gasteiger partial charge >= 0.3 is 0 Å². The standard InChI is InChI=1S/C29H33Cl2N3O4S/c1-4-21(2)32-29(36)27(18-22-11-7-5-8-12-22)33(19-23-15-16-25(30)26(31)17-23)28(35)20-34(39(3,37)38)24-13-9-6-10-14-24/h5-17,21,27H,4,18-20H2,1-3H3,(H,32,36)/t21-,27-/m1/s1. The number of amides is 2. The van der Waals surface area contributed by atoms with E-state index in [0.29, 0.717) is 27.7 Å². The van der Waals surface area contributed by atoms with Crippen LogP contribution in [0.5, 0.6) is 0 Å². The molecule has 0 aliphatic heterocycles. The first-order valence-corrected chi connectivity index (χ1v) is 15.2. The number of nitrogens with one attached hydrogen (secondary N) is 1. The lowest BCUT2D eigenvalue weighted by Crippen LogP contribution is -2.54. The Balaban J connectivity index is 2.06. The Morgan fingerprint density at radius 3 is 2.08 bits per heavy atom. The maximum atomic E-state index is 14.0. The highest BCUT2D eigenvalue weighted by atomic mass is 35.5. The highest BCUT2D eigenvalue weighted by Crippen LogP contribution is 2.25. The minimum Gasteiger partial charge on any atom is -0.352 e. The molecule has 2 atom stereocenters. The summed E-state index contributed by atoms with van der Waals surface area (Å²) in [4.78, 5) is 29.1. The Kier molecular flexibility index (Phi) is 10.8. The lowest BCUT2D eigenvalue weighted by Gasteiger charge is -2.34. The molecule has 0 saturated heterocycles. The van der Waals surface area contributed by atoms with E-state index in [4.69, 9.17) is 23.2 Å². The first kappa shape index (κ1) is 30.5. The van der Waals surface area contributed by atoms with Gasteiger partial charge in [-0.15, -0.1) is 0 Å². The monoisotopic (exact) mass is 589 g/mol. The van der Waals surface area contributed by atoms with E-state index < -0.39 is 28.5 Å². The summed E-state index contributed by atoms with van der Waals surface area (Å²) in [6.45, 7) is 3.39. The number of nitrogens with zero attached hydrogens (tertiary/aromatic N) is 2. The molecule has 10 heteroatoms. The molecule has 0 aromatic heterocycles. The Bertz CT molecular complexity index is 1370. The van der Waals surface area contributed by atoms with Gasteiger partial charge in [-0.05, 0) is 48.7 Å². The second kappa shape index (κ2) is 13.8. The zero-order chi connectivity index (χ0) is 28.6. The van der Waals surface area contributed by atoms with E-state index >= 15 is 0 Å². The molecule has 208 valence electrons.